The monoisotopic (exact) mass is 452 g/mol. The van der Waals surface area contributed by atoms with E-state index in [1.54, 1.807) is 6.07 Å². The van der Waals surface area contributed by atoms with Crippen LogP contribution >= 0.6 is 0 Å². The topological polar surface area (TPSA) is 50.8 Å². The standard InChI is InChI=1S/C27H33FN2O3/c1-4-32-20-7-5-6-18(12-20)21-13-19-15-27(2,3)25(22(19)14-23(21)28)29-26(31)33-24-16-30-10-8-17(24)9-11-30/h5-7,12-14,17,24-25H,4,8-11,15-16H2,1-3H3,(H,29,31)/t24-,25?/m1/s1. The molecule has 176 valence electrons. The summed E-state index contributed by atoms with van der Waals surface area (Å²) in [6, 6.07) is 10.8. The average molecular weight is 453 g/mol. The molecule has 1 aliphatic carbocycles. The maximum absolute atomic E-state index is 15.3. The van der Waals surface area contributed by atoms with Crippen LogP contribution in [0.1, 0.15) is 50.8 Å². The zero-order valence-electron chi connectivity index (χ0n) is 19.7. The summed E-state index contributed by atoms with van der Waals surface area (Å²) in [5.41, 5.74) is 3.01. The number of amides is 1. The summed E-state index contributed by atoms with van der Waals surface area (Å²) >= 11 is 0. The number of nitrogens with zero attached hydrogens (tertiary/aromatic N) is 1. The number of rotatable bonds is 5. The van der Waals surface area contributed by atoms with Crippen molar-refractivity contribution in [1.82, 2.24) is 10.2 Å². The summed E-state index contributed by atoms with van der Waals surface area (Å²) in [4.78, 5) is 15.2. The third-order valence-corrected chi connectivity index (χ3v) is 7.54. The lowest BCUT2D eigenvalue weighted by atomic mass is 9.85. The lowest BCUT2D eigenvalue weighted by Gasteiger charge is -2.44. The van der Waals surface area contributed by atoms with Crippen LogP contribution in [0.15, 0.2) is 36.4 Å². The van der Waals surface area contributed by atoms with E-state index in [2.05, 4.69) is 24.1 Å². The Hall–Kier alpha value is -2.60. The molecule has 0 spiro atoms. The highest BCUT2D eigenvalue weighted by atomic mass is 19.1. The predicted molar refractivity (Wildman–Crippen MR) is 126 cm³/mol. The van der Waals surface area contributed by atoms with Gasteiger partial charge in [0.05, 0.1) is 12.6 Å². The van der Waals surface area contributed by atoms with E-state index in [0.29, 0.717) is 18.1 Å². The zero-order valence-corrected chi connectivity index (χ0v) is 19.7. The Morgan fingerprint density at radius 2 is 2.00 bits per heavy atom. The van der Waals surface area contributed by atoms with E-state index in [4.69, 9.17) is 9.47 Å². The first-order valence-corrected chi connectivity index (χ1v) is 12.1. The van der Waals surface area contributed by atoms with Gasteiger partial charge in [-0.05, 0) is 91.6 Å². The van der Waals surface area contributed by atoms with Gasteiger partial charge in [0.25, 0.3) is 0 Å². The number of fused-ring (bicyclic) bond motifs is 4. The first-order chi connectivity index (χ1) is 15.8. The number of nitrogens with one attached hydrogen (secondary N) is 1. The van der Waals surface area contributed by atoms with Crippen LogP contribution in [0.25, 0.3) is 11.1 Å². The molecule has 0 saturated carbocycles. The van der Waals surface area contributed by atoms with E-state index in [-0.39, 0.29) is 23.4 Å². The molecule has 3 saturated heterocycles. The minimum atomic E-state index is -0.395. The molecule has 3 heterocycles. The molecule has 2 aromatic rings. The first-order valence-electron chi connectivity index (χ1n) is 12.1. The highest BCUT2D eigenvalue weighted by Gasteiger charge is 2.42. The number of halogens is 1. The maximum Gasteiger partial charge on any atom is 0.407 e. The van der Waals surface area contributed by atoms with Gasteiger partial charge < -0.3 is 14.8 Å². The second-order valence-corrected chi connectivity index (χ2v) is 10.3. The molecule has 1 amide bonds. The molecule has 5 nitrogen and oxygen atoms in total. The molecule has 3 aliphatic heterocycles. The Labute approximate surface area is 195 Å². The van der Waals surface area contributed by atoms with Crippen molar-refractivity contribution in [2.24, 2.45) is 11.3 Å². The van der Waals surface area contributed by atoms with Gasteiger partial charge in [0, 0.05) is 12.1 Å². The van der Waals surface area contributed by atoms with Crippen LogP contribution in [0.4, 0.5) is 9.18 Å². The van der Waals surface area contributed by atoms with E-state index in [0.717, 1.165) is 61.3 Å². The van der Waals surface area contributed by atoms with Crippen LogP contribution in [0.3, 0.4) is 0 Å². The van der Waals surface area contributed by atoms with Gasteiger partial charge in [0.2, 0.25) is 0 Å². The van der Waals surface area contributed by atoms with E-state index < -0.39 is 6.09 Å². The predicted octanol–water partition coefficient (Wildman–Crippen LogP) is 5.34. The lowest BCUT2D eigenvalue weighted by molar-refractivity contribution is -0.0349. The van der Waals surface area contributed by atoms with Gasteiger partial charge in [-0.1, -0.05) is 26.0 Å². The normalized spacial score (nSPS) is 27.2. The van der Waals surface area contributed by atoms with E-state index >= 15 is 4.39 Å². The summed E-state index contributed by atoms with van der Waals surface area (Å²) in [6.07, 6.45) is 2.50. The number of hydrogen-bond acceptors (Lipinski definition) is 4. The highest BCUT2D eigenvalue weighted by molar-refractivity contribution is 5.71. The van der Waals surface area contributed by atoms with Crippen LogP contribution in [-0.4, -0.2) is 43.3 Å². The molecule has 0 aromatic heterocycles. The van der Waals surface area contributed by atoms with Crippen LogP contribution in [0.5, 0.6) is 5.75 Å². The molecule has 0 radical (unpaired) electrons. The average Bonchev–Trinajstić information content (AvgIpc) is 3.03. The third-order valence-electron chi connectivity index (χ3n) is 7.54. The molecule has 3 fully saturated rings. The fourth-order valence-corrected chi connectivity index (χ4v) is 5.82. The molecule has 2 aromatic carbocycles. The summed E-state index contributed by atoms with van der Waals surface area (Å²) in [5, 5.41) is 3.08. The maximum atomic E-state index is 15.3. The van der Waals surface area contributed by atoms with Gasteiger partial charge >= 0.3 is 6.09 Å². The summed E-state index contributed by atoms with van der Waals surface area (Å²) in [6.45, 7) is 9.74. The van der Waals surface area contributed by atoms with Gasteiger partial charge in [-0.2, -0.15) is 0 Å². The largest absolute Gasteiger partial charge is 0.494 e. The van der Waals surface area contributed by atoms with Crippen molar-refractivity contribution in [1.29, 1.82) is 0 Å². The molecule has 2 atom stereocenters. The van der Waals surface area contributed by atoms with Crippen molar-refractivity contribution < 1.29 is 18.7 Å². The minimum absolute atomic E-state index is 0.0480. The number of alkyl carbamates (subject to hydrolysis) is 1. The van der Waals surface area contributed by atoms with Crippen molar-refractivity contribution in [3.05, 3.63) is 53.3 Å². The van der Waals surface area contributed by atoms with Crippen LogP contribution in [-0.2, 0) is 11.2 Å². The van der Waals surface area contributed by atoms with Crippen molar-refractivity contribution in [2.75, 3.05) is 26.2 Å². The molecule has 4 aliphatic rings. The van der Waals surface area contributed by atoms with Gasteiger partial charge in [0.1, 0.15) is 17.7 Å². The molecule has 6 rings (SSSR count). The second kappa shape index (κ2) is 8.64. The van der Waals surface area contributed by atoms with Crippen molar-refractivity contribution in [2.45, 2.75) is 52.2 Å². The molecule has 1 N–H and O–H groups in total. The summed E-state index contributed by atoms with van der Waals surface area (Å²) < 4.78 is 26.7. The van der Waals surface area contributed by atoms with E-state index in [1.807, 2.05) is 37.3 Å². The second-order valence-electron chi connectivity index (χ2n) is 10.3. The van der Waals surface area contributed by atoms with Crippen molar-refractivity contribution in [3.8, 4) is 16.9 Å². The van der Waals surface area contributed by atoms with Gasteiger partial charge in [0.15, 0.2) is 0 Å². The third kappa shape index (κ3) is 4.33. The molecule has 33 heavy (non-hydrogen) atoms. The Kier molecular flexibility index (Phi) is 5.81. The number of benzene rings is 2. The zero-order chi connectivity index (χ0) is 23.2. The first kappa shape index (κ1) is 22.2. The van der Waals surface area contributed by atoms with Gasteiger partial charge in [-0.15, -0.1) is 0 Å². The fourth-order valence-electron chi connectivity index (χ4n) is 5.82. The van der Waals surface area contributed by atoms with E-state index in [9.17, 15) is 4.79 Å². The Balaban J connectivity index is 1.36. The van der Waals surface area contributed by atoms with Crippen molar-refractivity contribution >= 4 is 6.09 Å². The Morgan fingerprint density at radius 1 is 1.21 bits per heavy atom. The fraction of sp³-hybridized carbons (Fsp3) is 0.519. The van der Waals surface area contributed by atoms with Crippen LogP contribution < -0.4 is 10.1 Å². The number of piperidine rings is 3. The quantitative estimate of drug-likeness (QED) is 0.666. The number of ether oxygens (including phenoxy) is 2. The lowest BCUT2D eigenvalue weighted by Crippen LogP contribution is -2.53. The van der Waals surface area contributed by atoms with Gasteiger partial charge in [-0.3, -0.25) is 4.90 Å². The SMILES string of the molecule is CCOc1cccc(-c2cc3c(cc2F)C(NC(=O)O[C@@H]2CN4CCC2CC4)C(C)(C)C3)c1. The Morgan fingerprint density at radius 3 is 2.70 bits per heavy atom. The smallest absolute Gasteiger partial charge is 0.407 e. The molecular formula is C27H33FN2O3. The molecule has 1 unspecified atom stereocenters. The summed E-state index contributed by atoms with van der Waals surface area (Å²) in [7, 11) is 0. The summed E-state index contributed by atoms with van der Waals surface area (Å²) in [5.74, 6) is 0.889. The minimum Gasteiger partial charge on any atom is -0.494 e. The Bertz CT molecular complexity index is 1050. The highest BCUT2D eigenvalue weighted by Crippen LogP contribution is 2.47. The van der Waals surface area contributed by atoms with Crippen LogP contribution in [0.2, 0.25) is 0 Å². The van der Waals surface area contributed by atoms with E-state index in [1.165, 1.54) is 0 Å². The molecule has 2 bridgehead atoms. The number of carbonyl (C=O) groups excluding carboxylic acids is 1. The molecular weight excluding hydrogens is 419 g/mol. The number of carbonyl (C=O) groups is 1. The van der Waals surface area contributed by atoms with Crippen LogP contribution in [0, 0.1) is 17.2 Å². The van der Waals surface area contributed by atoms with Gasteiger partial charge in [-0.25, -0.2) is 9.18 Å². The molecule has 6 heteroatoms. The number of hydrogen-bond donors (Lipinski definition) is 1. The van der Waals surface area contributed by atoms with Crippen molar-refractivity contribution in [3.63, 3.8) is 0 Å².